The molecule has 1 radical (unpaired) electrons. The third kappa shape index (κ3) is 1.17. The van der Waals surface area contributed by atoms with E-state index < -0.39 is 0 Å². The highest BCUT2D eigenvalue weighted by atomic mass is 16.3. The van der Waals surface area contributed by atoms with E-state index in [9.17, 15) is 0 Å². The van der Waals surface area contributed by atoms with Crippen LogP contribution in [0.2, 0.25) is 0 Å². The van der Waals surface area contributed by atoms with E-state index in [0.29, 0.717) is 0 Å². The Morgan fingerprint density at radius 2 is 1.91 bits per heavy atom. The second-order valence-electron chi connectivity index (χ2n) is 2.30. The maximum atomic E-state index is 4.91. The third-order valence-corrected chi connectivity index (χ3v) is 1.55. The van der Waals surface area contributed by atoms with E-state index in [0.717, 1.165) is 11.1 Å². The molecule has 1 aromatic carbocycles. The zero-order chi connectivity index (χ0) is 7.52. The third-order valence-electron chi connectivity index (χ3n) is 1.55. The molecule has 2 aromatic rings. The van der Waals surface area contributed by atoms with Crippen LogP contribution in [-0.4, -0.2) is 0 Å². The molecule has 1 heteroatoms. The van der Waals surface area contributed by atoms with Crippen LogP contribution in [0.15, 0.2) is 47.3 Å². The molecule has 0 N–H and O–H groups in total. The van der Waals surface area contributed by atoms with Crippen molar-refractivity contribution in [3.63, 3.8) is 0 Å². The number of furan rings is 1. The molecule has 11 heavy (non-hydrogen) atoms. The Kier molecular flexibility index (Phi) is 1.48. The highest BCUT2D eigenvalue weighted by Gasteiger charge is 1.95. The molecule has 0 atom stereocenters. The number of hydrogen-bond donors (Lipinski definition) is 0. The lowest BCUT2D eigenvalue weighted by molar-refractivity contribution is 0.567. The first-order valence-electron chi connectivity index (χ1n) is 3.46. The SMILES string of the molecule is [c]1cocc1-c1ccccc1. The summed E-state index contributed by atoms with van der Waals surface area (Å²) in [6, 6.07) is 13.0. The zero-order valence-electron chi connectivity index (χ0n) is 5.95. The minimum Gasteiger partial charge on any atom is -0.471 e. The zero-order valence-corrected chi connectivity index (χ0v) is 5.95. The van der Waals surface area contributed by atoms with Gasteiger partial charge < -0.3 is 4.42 Å². The summed E-state index contributed by atoms with van der Waals surface area (Å²) in [5.74, 6) is 0. The maximum Gasteiger partial charge on any atom is 0.0988 e. The molecule has 0 bridgehead atoms. The average Bonchev–Trinajstić information content (AvgIpc) is 2.58. The first-order valence-corrected chi connectivity index (χ1v) is 3.46. The van der Waals surface area contributed by atoms with Crippen molar-refractivity contribution in [1.29, 1.82) is 0 Å². The summed E-state index contributed by atoms with van der Waals surface area (Å²) in [5.41, 5.74) is 2.15. The Morgan fingerprint density at radius 1 is 1.09 bits per heavy atom. The molecule has 0 aliphatic heterocycles. The van der Waals surface area contributed by atoms with Crippen molar-refractivity contribution in [2.24, 2.45) is 0 Å². The van der Waals surface area contributed by atoms with Crippen molar-refractivity contribution in [2.45, 2.75) is 0 Å². The lowest BCUT2D eigenvalue weighted by atomic mass is 10.1. The largest absolute Gasteiger partial charge is 0.471 e. The van der Waals surface area contributed by atoms with Gasteiger partial charge in [-0.05, 0) is 5.56 Å². The molecule has 1 heterocycles. The van der Waals surface area contributed by atoms with Crippen molar-refractivity contribution in [2.75, 3.05) is 0 Å². The fourth-order valence-corrected chi connectivity index (χ4v) is 1.00. The van der Waals surface area contributed by atoms with E-state index in [2.05, 4.69) is 6.07 Å². The van der Waals surface area contributed by atoms with Crippen molar-refractivity contribution < 1.29 is 4.42 Å². The molecule has 53 valence electrons. The van der Waals surface area contributed by atoms with Crippen molar-refractivity contribution in [3.05, 3.63) is 48.9 Å². The van der Waals surface area contributed by atoms with Gasteiger partial charge in [0.2, 0.25) is 0 Å². The van der Waals surface area contributed by atoms with E-state index in [1.54, 1.807) is 12.5 Å². The van der Waals surface area contributed by atoms with Gasteiger partial charge in [-0.3, -0.25) is 0 Å². The lowest BCUT2D eigenvalue weighted by Crippen LogP contribution is -1.69. The summed E-state index contributed by atoms with van der Waals surface area (Å²) < 4.78 is 4.91. The van der Waals surface area contributed by atoms with Crippen LogP contribution in [0.3, 0.4) is 0 Å². The monoisotopic (exact) mass is 143 g/mol. The number of benzene rings is 1. The molecular weight excluding hydrogens is 136 g/mol. The lowest BCUT2D eigenvalue weighted by Gasteiger charge is -1.92. The Morgan fingerprint density at radius 3 is 2.55 bits per heavy atom. The normalized spacial score (nSPS) is 9.82. The molecule has 0 unspecified atom stereocenters. The van der Waals surface area contributed by atoms with Gasteiger partial charge in [-0.15, -0.1) is 0 Å². The average molecular weight is 143 g/mol. The van der Waals surface area contributed by atoms with Gasteiger partial charge in [0.1, 0.15) is 0 Å². The molecule has 0 aliphatic carbocycles. The van der Waals surface area contributed by atoms with E-state index in [1.807, 2.05) is 30.3 Å². The summed E-state index contributed by atoms with van der Waals surface area (Å²) >= 11 is 0. The molecule has 0 amide bonds. The molecule has 0 aliphatic rings. The van der Waals surface area contributed by atoms with E-state index >= 15 is 0 Å². The van der Waals surface area contributed by atoms with E-state index in [1.165, 1.54) is 0 Å². The van der Waals surface area contributed by atoms with Gasteiger partial charge >= 0.3 is 0 Å². The molecule has 1 nitrogen and oxygen atoms in total. The molecule has 0 fully saturated rings. The number of rotatable bonds is 1. The van der Waals surface area contributed by atoms with Gasteiger partial charge in [-0.1, -0.05) is 30.3 Å². The fourth-order valence-electron chi connectivity index (χ4n) is 1.00. The van der Waals surface area contributed by atoms with Crippen LogP contribution >= 0.6 is 0 Å². The minimum atomic E-state index is 1.01. The van der Waals surface area contributed by atoms with Gasteiger partial charge in [-0.2, -0.15) is 0 Å². The van der Waals surface area contributed by atoms with Crippen LogP contribution < -0.4 is 0 Å². The number of hydrogen-bond acceptors (Lipinski definition) is 1. The summed E-state index contributed by atoms with van der Waals surface area (Å²) in [4.78, 5) is 0. The topological polar surface area (TPSA) is 13.1 Å². The van der Waals surface area contributed by atoms with Gasteiger partial charge in [0.15, 0.2) is 0 Å². The predicted molar refractivity (Wildman–Crippen MR) is 43.0 cm³/mol. The second-order valence-corrected chi connectivity index (χ2v) is 2.30. The fraction of sp³-hybridized carbons (Fsp3) is 0. The summed E-state index contributed by atoms with van der Waals surface area (Å²) in [7, 11) is 0. The van der Waals surface area contributed by atoms with Crippen LogP contribution in [0, 0.1) is 6.07 Å². The van der Waals surface area contributed by atoms with Crippen LogP contribution in [0.1, 0.15) is 0 Å². The Labute approximate surface area is 65.3 Å². The van der Waals surface area contributed by atoms with Crippen LogP contribution in [0.4, 0.5) is 0 Å². The van der Waals surface area contributed by atoms with E-state index in [-0.39, 0.29) is 0 Å². The van der Waals surface area contributed by atoms with Crippen LogP contribution in [0.25, 0.3) is 11.1 Å². The second kappa shape index (κ2) is 2.62. The Bertz CT molecular complexity index is 308. The summed E-state index contributed by atoms with van der Waals surface area (Å²) in [5, 5.41) is 0. The van der Waals surface area contributed by atoms with E-state index in [4.69, 9.17) is 4.42 Å². The highest BCUT2D eigenvalue weighted by Crippen LogP contribution is 2.17. The smallest absolute Gasteiger partial charge is 0.0988 e. The molecular formula is C10H7O. The van der Waals surface area contributed by atoms with Gasteiger partial charge in [0.25, 0.3) is 0 Å². The van der Waals surface area contributed by atoms with Gasteiger partial charge in [0, 0.05) is 11.6 Å². The maximum absolute atomic E-state index is 4.91. The molecule has 0 saturated heterocycles. The summed E-state index contributed by atoms with van der Waals surface area (Å²) in [6.07, 6.45) is 3.25. The quantitative estimate of drug-likeness (QED) is 0.598. The van der Waals surface area contributed by atoms with Gasteiger partial charge in [-0.25, -0.2) is 0 Å². The molecule has 0 spiro atoms. The standard InChI is InChI=1S/C10H7O/c1-2-4-9(5-3-1)10-6-7-11-8-10/h1-5,7-8H. The Balaban J connectivity index is 2.46. The predicted octanol–water partition coefficient (Wildman–Crippen LogP) is 2.75. The molecule has 1 aromatic heterocycles. The van der Waals surface area contributed by atoms with Crippen LogP contribution in [0.5, 0.6) is 0 Å². The Hall–Kier alpha value is -1.50. The molecule has 2 rings (SSSR count). The summed E-state index contributed by atoms with van der Waals surface area (Å²) in [6.45, 7) is 0. The molecule has 0 saturated carbocycles. The van der Waals surface area contributed by atoms with Crippen molar-refractivity contribution in [3.8, 4) is 11.1 Å². The van der Waals surface area contributed by atoms with Crippen molar-refractivity contribution in [1.82, 2.24) is 0 Å². The first kappa shape index (κ1) is 6.23. The minimum absolute atomic E-state index is 1.01. The van der Waals surface area contributed by atoms with Crippen molar-refractivity contribution >= 4 is 0 Å². The van der Waals surface area contributed by atoms with Gasteiger partial charge in [0.05, 0.1) is 12.5 Å². The highest BCUT2D eigenvalue weighted by molar-refractivity contribution is 5.60. The first-order chi connectivity index (χ1) is 5.47. The van der Waals surface area contributed by atoms with Crippen LogP contribution in [-0.2, 0) is 0 Å².